The van der Waals surface area contributed by atoms with Gasteiger partial charge in [0.05, 0.1) is 18.6 Å². The number of anilines is 2. The van der Waals surface area contributed by atoms with Crippen LogP contribution in [-0.4, -0.2) is 95.9 Å². The van der Waals surface area contributed by atoms with Crippen molar-refractivity contribution in [2.75, 3.05) is 56.6 Å². The van der Waals surface area contributed by atoms with Gasteiger partial charge in [0.25, 0.3) is 0 Å². The van der Waals surface area contributed by atoms with E-state index < -0.39 is 24.3 Å². The van der Waals surface area contributed by atoms with E-state index in [1.165, 1.54) is 21.4 Å². The summed E-state index contributed by atoms with van der Waals surface area (Å²) in [6.07, 6.45) is 0.336. The van der Waals surface area contributed by atoms with E-state index in [1.807, 2.05) is 0 Å². The summed E-state index contributed by atoms with van der Waals surface area (Å²) in [5.74, 6) is -0.974. The molecule has 222 valence electrons. The molecular weight excluding hydrogens is 556 g/mol. The molecule has 0 aliphatic carbocycles. The van der Waals surface area contributed by atoms with E-state index in [0.717, 1.165) is 6.07 Å². The van der Waals surface area contributed by atoms with Crippen LogP contribution in [0.1, 0.15) is 0 Å². The first kappa shape index (κ1) is 27.6. The van der Waals surface area contributed by atoms with E-state index in [2.05, 4.69) is 20.0 Å². The molecule has 14 nitrogen and oxygen atoms in total. The number of nitrogen functional groups attached to an aromatic ring is 1. The molecule has 4 aromatic heterocycles. The zero-order valence-corrected chi connectivity index (χ0v) is 22.7. The highest BCUT2D eigenvalue weighted by molar-refractivity contribution is 5.88. The molecule has 1 atom stereocenters. The van der Waals surface area contributed by atoms with Crippen LogP contribution in [0.3, 0.4) is 0 Å². The fourth-order valence-electron chi connectivity index (χ4n) is 5.06. The van der Waals surface area contributed by atoms with E-state index in [1.54, 1.807) is 28.6 Å². The number of ether oxygens (including phenoxy) is 1. The minimum absolute atomic E-state index is 0.0753. The molecule has 1 saturated heterocycles. The van der Waals surface area contributed by atoms with Crippen LogP contribution in [-0.2, 0) is 13.6 Å². The Bertz CT molecular complexity index is 1790. The summed E-state index contributed by atoms with van der Waals surface area (Å²) >= 11 is 0. The topological polar surface area (TPSA) is 165 Å². The Morgan fingerprint density at radius 1 is 1.12 bits per heavy atom. The first-order valence-corrected chi connectivity index (χ1v) is 13.3. The first-order chi connectivity index (χ1) is 20.2. The normalized spacial score (nSPS) is 15.2. The maximum Gasteiger partial charge on any atom is 0.330 e. The Morgan fingerprint density at radius 2 is 1.90 bits per heavy atom. The number of rotatable bonds is 9. The van der Waals surface area contributed by atoms with Gasteiger partial charge in [-0.05, 0) is 12.1 Å². The average molecular weight is 586 g/mol. The number of benzene rings is 1. The van der Waals surface area contributed by atoms with Gasteiger partial charge in [-0.3, -0.25) is 14.0 Å². The second kappa shape index (κ2) is 11.0. The summed E-state index contributed by atoms with van der Waals surface area (Å²) in [6, 6.07) is 5.46. The second-order valence-electron chi connectivity index (χ2n) is 9.99. The van der Waals surface area contributed by atoms with Gasteiger partial charge in [0.15, 0.2) is 28.6 Å². The van der Waals surface area contributed by atoms with Crippen molar-refractivity contribution >= 4 is 28.4 Å². The molecule has 0 unspecified atom stereocenters. The van der Waals surface area contributed by atoms with Crippen molar-refractivity contribution in [2.45, 2.75) is 12.6 Å². The summed E-state index contributed by atoms with van der Waals surface area (Å²) in [5.41, 5.74) is 7.35. The van der Waals surface area contributed by atoms with E-state index in [0.29, 0.717) is 67.7 Å². The quantitative estimate of drug-likeness (QED) is 0.220. The minimum Gasteiger partial charge on any atom is -0.488 e. The van der Waals surface area contributed by atoms with E-state index in [4.69, 9.17) is 20.0 Å². The molecule has 5 heterocycles. The fourth-order valence-corrected chi connectivity index (χ4v) is 5.06. The molecular formula is C26H29F2N9O5. The lowest BCUT2D eigenvalue weighted by atomic mass is 10.2. The number of piperazine rings is 1. The lowest BCUT2D eigenvalue weighted by molar-refractivity contribution is 0.0523. The molecule has 5 aromatic rings. The molecule has 1 aliphatic heterocycles. The van der Waals surface area contributed by atoms with E-state index in [9.17, 15) is 18.7 Å². The number of aromatic nitrogens is 6. The molecule has 0 radical (unpaired) electrons. The number of nitrogens with zero attached hydrogens (tertiary/aromatic N) is 8. The number of fused-ring (bicyclic) bond motifs is 3. The van der Waals surface area contributed by atoms with E-state index >= 15 is 0 Å². The molecule has 42 heavy (non-hydrogen) atoms. The van der Waals surface area contributed by atoms with Crippen molar-refractivity contribution in [1.82, 2.24) is 33.6 Å². The zero-order chi connectivity index (χ0) is 29.5. The third-order valence-electron chi connectivity index (χ3n) is 7.31. The summed E-state index contributed by atoms with van der Waals surface area (Å²) in [5, 5.41) is 22.8. The van der Waals surface area contributed by atoms with Crippen LogP contribution >= 0.6 is 0 Å². The van der Waals surface area contributed by atoms with Crippen LogP contribution in [0.25, 0.3) is 28.4 Å². The van der Waals surface area contributed by atoms with Crippen LogP contribution in [0.2, 0.25) is 0 Å². The molecule has 1 aromatic carbocycles. The molecule has 16 heteroatoms. The van der Waals surface area contributed by atoms with Gasteiger partial charge in [-0.15, -0.1) is 5.10 Å². The molecule has 6 rings (SSSR count). The van der Waals surface area contributed by atoms with Gasteiger partial charge in [-0.2, -0.15) is 9.50 Å². The molecule has 1 aliphatic rings. The van der Waals surface area contributed by atoms with Crippen LogP contribution in [0.5, 0.6) is 5.75 Å². The van der Waals surface area contributed by atoms with Gasteiger partial charge < -0.3 is 30.0 Å². The molecule has 0 saturated carbocycles. The summed E-state index contributed by atoms with van der Waals surface area (Å²) in [4.78, 5) is 26.2. The van der Waals surface area contributed by atoms with Gasteiger partial charge in [-0.1, -0.05) is 0 Å². The number of aryl methyl sites for hydroxylation is 1. The predicted molar refractivity (Wildman–Crippen MR) is 147 cm³/mol. The molecule has 1 fully saturated rings. The maximum absolute atomic E-state index is 14.7. The largest absolute Gasteiger partial charge is 0.488 e. The number of hydrogen-bond donors (Lipinski definition) is 3. The summed E-state index contributed by atoms with van der Waals surface area (Å²) in [7, 11) is 1.64. The van der Waals surface area contributed by atoms with Crippen LogP contribution in [0.4, 0.5) is 20.4 Å². The van der Waals surface area contributed by atoms with Crippen molar-refractivity contribution in [3.05, 3.63) is 52.6 Å². The van der Waals surface area contributed by atoms with Crippen molar-refractivity contribution in [1.29, 1.82) is 0 Å². The van der Waals surface area contributed by atoms with Crippen molar-refractivity contribution < 1.29 is 28.1 Å². The lowest BCUT2D eigenvalue weighted by Gasteiger charge is -2.36. The van der Waals surface area contributed by atoms with Gasteiger partial charge in [0, 0.05) is 58.4 Å². The van der Waals surface area contributed by atoms with E-state index in [-0.39, 0.29) is 29.7 Å². The standard InChI is InChI=1S/C26H29F2N9O5/c1-33-21-23(31-25(29)37-24(21)30-22(32-37)19-3-2-10-41-19)36(26(33)40)9-6-34-4-7-35(8-5-34)18-12-20(17(28)11-16(18)27)42-14-15(39)13-38/h2-3,10-12,15,38-39H,4-9,13-14H2,1H3,(H2,29,31)/t15-/m0/s1. The number of hydrogen-bond acceptors (Lipinski definition) is 11. The SMILES string of the molecule is Cn1c(=O)n(CCN2CCN(c3cc(OC[C@@H](O)CO)c(F)cc3F)CC2)c2nc(N)n3nc(-c4ccco4)nc3c21. The van der Waals surface area contributed by atoms with Gasteiger partial charge in [0.1, 0.15) is 24.0 Å². The predicted octanol–water partition coefficient (Wildman–Crippen LogP) is 0.452. The highest BCUT2D eigenvalue weighted by Gasteiger charge is 2.24. The molecule has 0 amide bonds. The molecule has 0 spiro atoms. The van der Waals surface area contributed by atoms with Gasteiger partial charge in [-0.25, -0.2) is 18.6 Å². The monoisotopic (exact) mass is 585 g/mol. The molecule has 4 N–H and O–H groups in total. The average Bonchev–Trinajstić information content (AvgIpc) is 3.72. The Kier molecular flexibility index (Phi) is 7.26. The van der Waals surface area contributed by atoms with Gasteiger partial charge in [0.2, 0.25) is 11.8 Å². The highest BCUT2D eigenvalue weighted by atomic mass is 19.1. The Balaban J connectivity index is 1.17. The van der Waals surface area contributed by atoms with Gasteiger partial charge >= 0.3 is 5.69 Å². The first-order valence-electron chi connectivity index (χ1n) is 13.3. The minimum atomic E-state index is -1.18. The number of imidazole rings is 1. The highest BCUT2D eigenvalue weighted by Crippen LogP contribution is 2.29. The van der Waals surface area contributed by atoms with Crippen LogP contribution < -0.4 is 21.1 Å². The Labute approximate surface area is 236 Å². The number of nitrogens with two attached hydrogens (primary N) is 1. The Morgan fingerprint density at radius 3 is 2.62 bits per heavy atom. The lowest BCUT2D eigenvalue weighted by Crippen LogP contribution is -2.47. The molecule has 0 bridgehead atoms. The third-order valence-corrected chi connectivity index (χ3v) is 7.31. The summed E-state index contributed by atoms with van der Waals surface area (Å²) < 4.78 is 43.9. The van der Waals surface area contributed by atoms with Crippen molar-refractivity contribution in [3.63, 3.8) is 0 Å². The summed E-state index contributed by atoms with van der Waals surface area (Å²) in [6.45, 7) is 2.01. The van der Waals surface area contributed by atoms with Crippen LogP contribution in [0.15, 0.2) is 39.7 Å². The van der Waals surface area contributed by atoms with Crippen molar-refractivity contribution in [2.24, 2.45) is 7.05 Å². The second-order valence-corrected chi connectivity index (χ2v) is 9.99. The number of halogens is 2. The third kappa shape index (κ3) is 4.93. The smallest absolute Gasteiger partial charge is 0.330 e. The number of aliphatic hydroxyl groups excluding tert-OH is 2. The van der Waals surface area contributed by atoms with Crippen molar-refractivity contribution in [3.8, 4) is 17.3 Å². The maximum atomic E-state index is 14.7. The Hall–Kier alpha value is -4.54. The number of aliphatic hydroxyl groups is 2. The van der Waals surface area contributed by atoms with Crippen LogP contribution in [0, 0.1) is 11.6 Å². The number of furan rings is 1. The fraction of sp³-hybridized carbons (Fsp3) is 0.385. The zero-order valence-electron chi connectivity index (χ0n) is 22.7.